The molecule has 0 aliphatic carbocycles. The molecule has 1 saturated heterocycles. The Morgan fingerprint density at radius 2 is 2.07 bits per heavy atom. The van der Waals surface area contributed by atoms with Crippen LogP contribution in [0.15, 0.2) is 0 Å². The van der Waals surface area contributed by atoms with E-state index in [0.717, 1.165) is 0 Å². The molecule has 1 fully saturated rings. The van der Waals surface area contributed by atoms with Crippen molar-refractivity contribution in [3.63, 3.8) is 0 Å². The molecular formula is C10H17F2NO. The average molecular weight is 205 g/mol. The van der Waals surface area contributed by atoms with E-state index in [9.17, 15) is 13.6 Å². The first-order chi connectivity index (χ1) is 6.28. The minimum absolute atomic E-state index is 0.155. The average Bonchev–Trinajstić information content (AvgIpc) is 2.44. The topological polar surface area (TPSA) is 20.3 Å². The van der Waals surface area contributed by atoms with Gasteiger partial charge in [0, 0.05) is 18.4 Å². The van der Waals surface area contributed by atoms with Gasteiger partial charge in [-0.25, -0.2) is 8.78 Å². The monoisotopic (exact) mass is 205 g/mol. The van der Waals surface area contributed by atoms with Crippen LogP contribution in [0.4, 0.5) is 8.78 Å². The highest BCUT2D eigenvalue weighted by Crippen LogP contribution is 2.31. The lowest BCUT2D eigenvalue weighted by Gasteiger charge is -2.27. The Balaban J connectivity index is 2.65. The fraction of sp³-hybridized carbons (Fsp3) is 0.900. The third kappa shape index (κ3) is 2.22. The molecule has 0 aromatic carbocycles. The summed E-state index contributed by atoms with van der Waals surface area (Å²) in [6.45, 7) is 5.27. The zero-order chi connectivity index (χ0) is 11.0. The van der Waals surface area contributed by atoms with Crippen molar-refractivity contribution in [3.8, 4) is 0 Å². The normalized spacial score (nSPS) is 21.4. The van der Waals surface area contributed by atoms with Gasteiger partial charge in [0.05, 0.1) is 6.54 Å². The van der Waals surface area contributed by atoms with Crippen molar-refractivity contribution in [2.45, 2.75) is 39.5 Å². The summed E-state index contributed by atoms with van der Waals surface area (Å²) in [4.78, 5) is 13.1. The first-order valence-corrected chi connectivity index (χ1v) is 4.96. The summed E-state index contributed by atoms with van der Waals surface area (Å²) in [6, 6.07) is 0. The zero-order valence-corrected chi connectivity index (χ0v) is 8.94. The van der Waals surface area contributed by atoms with E-state index in [1.54, 1.807) is 13.8 Å². The minimum Gasteiger partial charge on any atom is -0.336 e. The van der Waals surface area contributed by atoms with Crippen LogP contribution in [0.5, 0.6) is 0 Å². The van der Waals surface area contributed by atoms with Crippen LogP contribution in [0.25, 0.3) is 0 Å². The molecule has 0 saturated carbocycles. The van der Waals surface area contributed by atoms with Gasteiger partial charge in [-0.3, -0.25) is 4.79 Å². The van der Waals surface area contributed by atoms with E-state index in [4.69, 9.17) is 0 Å². The van der Waals surface area contributed by atoms with E-state index in [0.29, 0.717) is 6.42 Å². The molecule has 0 atom stereocenters. The first-order valence-electron chi connectivity index (χ1n) is 4.96. The molecule has 1 aliphatic rings. The van der Waals surface area contributed by atoms with E-state index in [1.165, 1.54) is 4.90 Å². The van der Waals surface area contributed by atoms with Gasteiger partial charge in [-0.05, 0) is 6.42 Å². The van der Waals surface area contributed by atoms with Gasteiger partial charge >= 0.3 is 0 Å². The summed E-state index contributed by atoms with van der Waals surface area (Å²) in [5.41, 5.74) is -0.513. The number of alkyl halides is 2. The maximum absolute atomic E-state index is 12.9. The summed E-state index contributed by atoms with van der Waals surface area (Å²) in [5, 5.41) is 0. The molecule has 1 amide bonds. The number of likely N-dealkylation sites (tertiary alicyclic amines) is 1. The number of hydrogen-bond donors (Lipinski definition) is 0. The molecule has 4 heteroatoms. The smallest absolute Gasteiger partial charge is 0.267 e. The summed E-state index contributed by atoms with van der Waals surface area (Å²) in [6.07, 6.45) is 0.479. The Kier molecular flexibility index (Phi) is 2.83. The van der Waals surface area contributed by atoms with Gasteiger partial charge in [-0.2, -0.15) is 0 Å². The quantitative estimate of drug-likeness (QED) is 0.677. The highest BCUT2D eigenvalue weighted by atomic mass is 19.3. The van der Waals surface area contributed by atoms with Crippen molar-refractivity contribution >= 4 is 5.91 Å². The summed E-state index contributed by atoms with van der Waals surface area (Å²) < 4.78 is 25.7. The van der Waals surface area contributed by atoms with Gasteiger partial charge in [0.25, 0.3) is 5.92 Å². The van der Waals surface area contributed by atoms with Crippen LogP contribution in [-0.2, 0) is 4.79 Å². The molecular weight excluding hydrogens is 188 g/mol. The number of rotatable bonds is 2. The zero-order valence-electron chi connectivity index (χ0n) is 8.94. The van der Waals surface area contributed by atoms with Crippen molar-refractivity contribution in [1.82, 2.24) is 4.90 Å². The molecule has 1 aliphatic heterocycles. The predicted octanol–water partition coefficient (Wildman–Crippen LogP) is 2.29. The van der Waals surface area contributed by atoms with Crippen LogP contribution in [0.1, 0.15) is 33.6 Å². The Bertz CT molecular complexity index is 238. The van der Waals surface area contributed by atoms with Gasteiger partial charge in [0.1, 0.15) is 0 Å². The lowest BCUT2D eigenvalue weighted by atomic mass is 9.89. The molecule has 0 N–H and O–H groups in total. The van der Waals surface area contributed by atoms with Crippen LogP contribution in [0.3, 0.4) is 0 Å². The number of hydrogen-bond acceptors (Lipinski definition) is 1. The SMILES string of the molecule is CCC(C)(C)C(=O)N1CCC(F)(F)C1. The molecule has 2 nitrogen and oxygen atoms in total. The third-order valence-corrected chi connectivity index (χ3v) is 2.92. The van der Waals surface area contributed by atoms with Crippen molar-refractivity contribution in [2.75, 3.05) is 13.1 Å². The molecule has 0 aromatic heterocycles. The van der Waals surface area contributed by atoms with Crippen molar-refractivity contribution < 1.29 is 13.6 Å². The Morgan fingerprint density at radius 1 is 1.50 bits per heavy atom. The van der Waals surface area contributed by atoms with Gasteiger partial charge in [0.15, 0.2) is 0 Å². The van der Waals surface area contributed by atoms with E-state index in [1.807, 2.05) is 6.92 Å². The van der Waals surface area contributed by atoms with E-state index < -0.39 is 17.9 Å². The second-order valence-corrected chi connectivity index (χ2v) is 4.57. The highest BCUT2D eigenvalue weighted by Gasteiger charge is 2.43. The van der Waals surface area contributed by atoms with Crippen LogP contribution in [-0.4, -0.2) is 29.8 Å². The fourth-order valence-electron chi connectivity index (χ4n) is 1.49. The van der Waals surface area contributed by atoms with Crippen LogP contribution in [0, 0.1) is 5.41 Å². The van der Waals surface area contributed by atoms with Gasteiger partial charge < -0.3 is 4.90 Å². The van der Waals surface area contributed by atoms with E-state index >= 15 is 0 Å². The molecule has 0 radical (unpaired) electrons. The maximum atomic E-state index is 12.9. The van der Waals surface area contributed by atoms with Gasteiger partial charge in [-0.1, -0.05) is 20.8 Å². The molecule has 14 heavy (non-hydrogen) atoms. The van der Waals surface area contributed by atoms with Crippen LogP contribution in [0.2, 0.25) is 0 Å². The molecule has 0 unspecified atom stereocenters. The van der Waals surface area contributed by atoms with E-state index in [2.05, 4.69) is 0 Å². The third-order valence-electron chi connectivity index (χ3n) is 2.92. The Morgan fingerprint density at radius 3 is 2.43 bits per heavy atom. The lowest BCUT2D eigenvalue weighted by molar-refractivity contribution is -0.140. The number of nitrogens with zero attached hydrogens (tertiary/aromatic N) is 1. The van der Waals surface area contributed by atoms with Gasteiger partial charge in [-0.15, -0.1) is 0 Å². The second-order valence-electron chi connectivity index (χ2n) is 4.57. The largest absolute Gasteiger partial charge is 0.336 e. The predicted molar refractivity (Wildman–Crippen MR) is 50.2 cm³/mol. The number of carbonyl (C=O) groups excluding carboxylic acids is 1. The summed E-state index contributed by atoms with van der Waals surface area (Å²) >= 11 is 0. The van der Waals surface area contributed by atoms with Gasteiger partial charge in [0.2, 0.25) is 5.91 Å². The molecule has 0 bridgehead atoms. The number of halogens is 2. The standard InChI is InChI=1S/C10H17F2NO/c1-4-9(2,3)8(14)13-6-5-10(11,12)7-13/h4-7H2,1-3H3. The number of amides is 1. The molecule has 1 heterocycles. The minimum atomic E-state index is -2.68. The molecule has 0 spiro atoms. The molecule has 1 rings (SSSR count). The lowest BCUT2D eigenvalue weighted by Crippen LogP contribution is -2.40. The molecule has 82 valence electrons. The van der Waals surface area contributed by atoms with Crippen molar-refractivity contribution in [1.29, 1.82) is 0 Å². The second kappa shape index (κ2) is 3.48. The van der Waals surface area contributed by atoms with Crippen LogP contribution >= 0.6 is 0 Å². The van der Waals surface area contributed by atoms with Crippen molar-refractivity contribution in [3.05, 3.63) is 0 Å². The summed E-state index contributed by atoms with van der Waals surface area (Å²) in [5.74, 6) is -2.84. The fourth-order valence-corrected chi connectivity index (χ4v) is 1.49. The summed E-state index contributed by atoms with van der Waals surface area (Å²) in [7, 11) is 0. The molecule has 0 aromatic rings. The highest BCUT2D eigenvalue weighted by molar-refractivity contribution is 5.82. The Labute approximate surface area is 83.3 Å². The van der Waals surface area contributed by atoms with E-state index in [-0.39, 0.29) is 18.9 Å². The van der Waals surface area contributed by atoms with Crippen LogP contribution < -0.4 is 0 Å². The van der Waals surface area contributed by atoms with Crippen molar-refractivity contribution in [2.24, 2.45) is 5.41 Å². The maximum Gasteiger partial charge on any atom is 0.267 e. The number of carbonyl (C=O) groups is 1. The first kappa shape index (κ1) is 11.4. The Hall–Kier alpha value is -0.670.